The molecule has 2 N–H and O–H groups in total. The number of pyridine rings is 1. The molecule has 6 heteroatoms. The Kier molecular flexibility index (Phi) is 4.11. The number of nitrogens with one attached hydrogen (secondary N) is 2. The molecule has 0 atom stereocenters. The lowest BCUT2D eigenvalue weighted by Crippen LogP contribution is -1.99. The van der Waals surface area contributed by atoms with Gasteiger partial charge in [-0.1, -0.05) is 18.2 Å². The van der Waals surface area contributed by atoms with Crippen molar-refractivity contribution < 1.29 is 0 Å². The number of nitriles is 1. The van der Waals surface area contributed by atoms with Crippen molar-refractivity contribution in [1.82, 2.24) is 15.0 Å². The molecule has 0 saturated carbocycles. The zero-order valence-electron chi connectivity index (χ0n) is 13.7. The molecule has 0 bridgehead atoms. The van der Waals surface area contributed by atoms with Gasteiger partial charge >= 0.3 is 0 Å². The monoisotopic (exact) mass is 338 g/mol. The molecule has 0 radical (unpaired) electrons. The summed E-state index contributed by atoms with van der Waals surface area (Å²) in [6.07, 6.45) is 3.26. The van der Waals surface area contributed by atoms with Gasteiger partial charge in [-0.3, -0.25) is 4.98 Å². The summed E-state index contributed by atoms with van der Waals surface area (Å²) in [5.74, 6) is 1.31. The molecule has 26 heavy (non-hydrogen) atoms. The Bertz CT molecular complexity index is 1090. The van der Waals surface area contributed by atoms with Crippen LogP contribution in [0.1, 0.15) is 5.56 Å². The lowest BCUT2D eigenvalue weighted by atomic mass is 10.2. The Labute approximate surface area is 150 Å². The molecule has 2 heterocycles. The van der Waals surface area contributed by atoms with Crippen molar-refractivity contribution in [3.8, 4) is 6.07 Å². The fourth-order valence-electron chi connectivity index (χ4n) is 2.61. The van der Waals surface area contributed by atoms with Gasteiger partial charge in [0.2, 0.25) is 0 Å². The number of anilines is 4. The fraction of sp³-hybridized carbons (Fsp3) is 0. The minimum atomic E-state index is 0.615. The van der Waals surface area contributed by atoms with Gasteiger partial charge in [-0.25, -0.2) is 9.97 Å². The highest BCUT2D eigenvalue weighted by atomic mass is 15.1. The van der Waals surface area contributed by atoms with Crippen LogP contribution >= 0.6 is 0 Å². The largest absolute Gasteiger partial charge is 0.340 e. The van der Waals surface area contributed by atoms with Gasteiger partial charge in [0.15, 0.2) is 0 Å². The summed E-state index contributed by atoms with van der Waals surface area (Å²) >= 11 is 0. The second kappa shape index (κ2) is 6.87. The van der Waals surface area contributed by atoms with Crippen LogP contribution in [-0.4, -0.2) is 15.0 Å². The molecule has 4 aromatic rings. The van der Waals surface area contributed by atoms with Gasteiger partial charge in [0, 0.05) is 23.3 Å². The molecule has 0 amide bonds. The zero-order chi connectivity index (χ0) is 17.8. The van der Waals surface area contributed by atoms with Crippen molar-refractivity contribution in [2.75, 3.05) is 10.6 Å². The maximum atomic E-state index is 8.87. The maximum Gasteiger partial charge on any atom is 0.135 e. The number of benzene rings is 2. The van der Waals surface area contributed by atoms with Gasteiger partial charge in [-0.05, 0) is 36.4 Å². The summed E-state index contributed by atoms with van der Waals surface area (Å²) in [5.41, 5.74) is 3.23. The lowest BCUT2D eigenvalue weighted by Gasteiger charge is -2.10. The molecule has 0 spiro atoms. The molecular weight excluding hydrogens is 324 g/mol. The molecule has 0 aliphatic heterocycles. The molecule has 2 aromatic heterocycles. The third-order valence-electron chi connectivity index (χ3n) is 3.85. The van der Waals surface area contributed by atoms with Crippen molar-refractivity contribution in [1.29, 1.82) is 5.26 Å². The maximum absolute atomic E-state index is 8.87. The van der Waals surface area contributed by atoms with Gasteiger partial charge in [0.25, 0.3) is 0 Å². The lowest BCUT2D eigenvalue weighted by molar-refractivity contribution is 1.17. The molecule has 0 unspecified atom stereocenters. The van der Waals surface area contributed by atoms with E-state index in [1.165, 1.54) is 6.33 Å². The Balaban J connectivity index is 1.58. The summed E-state index contributed by atoms with van der Waals surface area (Å²) in [6, 6.07) is 21.0. The van der Waals surface area contributed by atoms with E-state index in [1.807, 2.05) is 48.5 Å². The molecule has 0 fully saturated rings. The second-order valence-electron chi connectivity index (χ2n) is 5.61. The Morgan fingerprint density at radius 2 is 1.58 bits per heavy atom. The van der Waals surface area contributed by atoms with E-state index in [1.54, 1.807) is 18.3 Å². The first kappa shape index (κ1) is 15.5. The number of nitrogens with zero attached hydrogens (tertiary/aromatic N) is 4. The SMILES string of the molecule is N#Cc1ccc(Nc2cc(Nc3cccc4cccnc34)ncn2)cc1. The number of aromatic nitrogens is 3. The van der Waals surface area contributed by atoms with Crippen LogP contribution in [0.25, 0.3) is 10.9 Å². The summed E-state index contributed by atoms with van der Waals surface area (Å²) in [5, 5.41) is 16.4. The highest BCUT2D eigenvalue weighted by molar-refractivity contribution is 5.91. The van der Waals surface area contributed by atoms with Crippen LogP contribution in [0, 0.1) is 11.3 Å². The highest BCUT2D eigenvalue weighted by Gasteiger charge is 2.05. The predicted molar refractivity (Wildman–Crippen MR) is 101 cm³/mol. The topological polar surface area (TPSA) is 86.5 Å². The molecule has 0 aliphatic rings. The predicted octanol–water partition coefficient (Wildman–Crippen LogP) is 4.38. The van der Waals surface area contributed by atoms with Crippen molar-refractivity contribution in [3.63, 3.8) is 0 Å². The summed E-state index contributed by atoms with van der Waals surface area (Å²) in [4.78, 5) is 13.0. The second-order valence-corrected chi connectivity index (χ2v) is 5.61. The molecular formula is C20H14N6. The minimum Gasteiger partial charge on any atom is -0.340 e. The number of hydrogen-bond acceptors (Lipinski definition) is 6. The average Bonchev–Trinajstić information content (AvgIpc) is 2.69. The quantitative estimate of drug-likeness (QED) is 0.574. The van der Waals surface area contributed by atoms with Crippen LogP contribution in [-0.2, 0) is 0 Å². The van der Waals surface area contributed by atoms with E-state index in [4.69, 9.17) is 5.26 Å². The highest BCUT2D eigenvalue weighted by Crippen LogP contribution is 2.25. The third kappa shape index (κ3) is 3.28. The van der Waals surface area contributed by atoms with E-state index in [9.17, 15) is 0 Å². The Hall–Kier alpha value is -3.98. The fourth-order valence-corrected chi connectivity index (χ4v) is 2.61. The number of fused-ring (bicyclic) bond motifs is 1. The van der Waals surface area contributed by atoms with Gasteiger partial charge in [-0.15, -0.1) is 0 Å². The average molecular weight is 338 g/mol. The molecule has 0 aliphatic carbocycles. The Morgan fingerprint density at radius 1 is 0.808 bits per heavy atom. The third-order valence-corrected chi connectivity index (χ3v) is 3.85. The first-order valence-electron chi connectivity index (χ1n) is 8.02. The zero-order valence-corrected chi connectivity index (χ0v) is 13.7. The Morgan fingerprint density at radius 3 is 2.38 bits per heavy atom. The standard InChI is InChI=1S/C20H14N6/c21-12-14-6-8-16(9-7-14)25-18-11-19(24-13-23-18)26-17-5-1-3-15-4-2-10-22-20(15)17/h1-11,13H,(H2,23,24,25,26). The van der Waals surface area contributed by atoms with Crippen molar-refractivity contribution in [3.05, 3.63) is 78.8 Å². The van der Waals surface area contributed by atoms with Crippen LogP contribution in [0.15, 0.2) is 73.2 Å². The van der Waals surface area contributed by atoms with E-state index in [2.05, 4.69) is 31.7 Å². The minimum absolute atomic E-state index is 0.615. The molecule has 2 aromatic carbocycles. The first-order valence-corrected chi connectivity index (χ1v) is 8.02. The molecule has 0 saturated heterocycles. The summed E-state index contributed by atoms with van der Waals surface area (Å²) in [7, 11) is 0. The van der Waals surface area contributed by atoms with E-state index in [0.29, 0.717) is 17.2 Å². The number of rotatable bonds is 4. The van der Waals surface area contributed by atoms with Gasteiger partial charge < -0.3 is 10.6 Å². The first-order chi connectivity index (χ1) is 12.8. The van der Waals surface area contributed by atoms with Crippen LogP contribution in [0.3, 0.4) is 0 Å². The van der Waals surface area contributed by atoms with Crippen LogP contribution in [0.5, 0.6) is 0 Å². The van der Waals surface area contributed by atoms with Crippen molar-refractivity contribution in [2.45, 2.75) is 0 Å². The van der Waals surface area contributed by atoms with E-state index in [-0.39, 0.29) is 0 Å². The smallest absolute Gasteiger partial charge is 0.135 e. The van der Waals surface area contributed by atoms with Gasteiger partial charge in [0.1, 0.15) is 18.0 Å². The van der Waals surface area contributed by atoms with E-state index >= 15 is 0 Å². The van der Waals surface area contributed by atoms with E-state index in [0.717, 1.165) is 22.3 Å². The normalized spacial score (nSPS) is 10.3. The van der Waals surface area contributed by atoms with Gasteiger partial charge in [0.05, 0.1) is 22.8 Å². The van der Waals surface area contributed by atoms with Crippen molar-refractivity contribution >= 4 is 33.9 Å². The summed E-state index contributed by atoms with van der Waals surface area (Å²) < 4.78 is 0. The number of para-hydroxylation sites is 1. The number of hydrogen-bond donors (Lipinski definition) is 2. The summed E-state index contributed by atoms with van der Waals surface area (Å²) in [6.45, 7) is 0. The molecule has 4 rings (SSSR count). The van der Waals surface area contributed by atoms with Gasteiger partial charge in [-0.2, -0.15) is 5.26 Å². The van der Waals surface area contributed by atoms with Crippen LogP contribution in [0.4, 0.5) is 23.0 Å². The van der Waals surface area contributed by atoms with Crippen LogP contribution < -0.4 is 10.6 Å². The molecule has 6 nitrogen and oxygen atoms in total. The van der Waals surface area contributed by atoms with E-state index < -0.39 is 0 Å². The van der Waals surface area contributed by atoms with Crippen LogP contribution in [0.2, 0.25) is 0 Å². The van der Waals surface area contributed by atoms with Crippen molar-refractivity contribution in [2.24, 2.45) is 0 Å². The molecule has 124 valence electrons.